The maximum absolute atomic E-state index is 13.8. The Hall–Kier alpha value is -6.62. The second-order valence-electron chi connectivity index (χ2n) is 13.3. The Morgan fingerprint density at radius 3 is 2.40 bits per heavy atom. The maximum atomic E-state index is 13.8. The molecule has 0 fully saturated rings. The predicted molar refractivity (Wildman–Crippen MR) is 196 cm³/mol. The number of esters is 1. The number of nitrogens with zero attached hydrogens (tertiary/aromatic N) is 2. The number of anilines is 1. The van der Waals surface area contributed by atoms with Gasteiger partial charge in [0, 0.05) is 22.2 Å². The molecule has 4 aromatic rings. The van der Waals surface area contributed by atoms with Gasteiger partial charge in [0.05, 0.1) is 41.5 Å². The molecule has 7 N–H and O–H groups in total. The highest BCUT2D eigenvalue weighted by Gasteiger charge is 2.51. The van der Waals surface area contributed by atoms with E-state index in [4.69, 9.17) is 30.7 Å². The quantitative estimate of drug-likeness (QED) is 0.114. The van der Waals surface area contributed by atoms with Gasteiger partial charge >= 0.3 is 12.1 Å². The first kappa shape index (κ1) is 38.1. The van der Waals surface area contributed by atoms with Gasteiger partial charge in [-0.2, -0.15) is 0 Å². The van der Waals surface area contributed by atoms with Crippen molar-refractivity contribution in [2.45, 2.75) is 77.1 Å². The number of amides is 4. The summed E-state index contributed by atoms with van der Waals surface area (Å²) >= 11 is 0. The lowest BCUT2D eigenvalue weighted by Gasteiger charge is -2.35. The minimum absolute atomic E-state index is 0.0547. The molecule has 17 nitrogen and oxygen atoms in total. The standard InChI is InChI=1S/C38H39N7O10/c1-4-38(26-14-29-31-23(13-22-7-5-6-8-27(22)43-31)16-45(29)35(50)25(26)18-53-36(38)51)55-37(52)54-17-21-9-11-24(12-10-21)42-34(49)28(15-30(40)46)44-33(48)20(3)41-32(47)19(2)39/h5-14,19-20,28H,4,15-18,39H2,1-3H3,(H2,40,46)(H,41,47)(H,42,49)(H,44,48)/t19-,20-,28-,38-/m0/s1. The number of carbonyl (C=O) groups excluding carboxylic acids is 6. The molecule has 0 spiro atoms. The van der Waals surface area contributed by atoms with E-state index >= 15 is 0 Å². The number of carbonyl (C=O) groups is 6. The van der Waals surface area contributed by atoms with Crippen LogP contribution >= 0.6 is 0 Å². The lowest BCUT2D eigenvalue weighted by molar-refractivity contribution is -0.175. The average Bonchev–Trinajstić information content (AvgIpc) is 3.51. The number of cyclic esters (lactones) is 1. The zero-order valence-corrected chi connectivity index (χ0v) is 30.2. The van der Waals surface area contributed by atoms with Gasteiger partial charge in [0.1, 0.15) is 25.3 Å². The molecule has 286 valence electrons. The number of para-hydroxylation sites is 1. The zero-order valence-electron chi connectivity index (χ0n) is 30.2. The molecule has 0 radical (unpaired) electrons. The number of primary amides is 1. The van der Waals surface area contributed by atoms with Crippen LogP contribution in [0.2, 0.25) is 0 Å². The Labute approximate surface area is 313 Å². The van der Waals surface area contributed by atoms with Crippen molar-refractivity contribution in [2.24, 2.45) is 11.5 Å². The zero-order chi connectivity index (χ0) is 39.6. The van der Waals surface area contributed by atoms with Crippen LogP contribution < -0.4 is 33.0 Å². The molecule has 0 unspecified atom stereocenters. The van der Waals surface area contributed by atoms with Crippen molar-refractivity contribution in [1.82, 2.24) is 20.2 Å². The summed E-state index contributed by atoms with van der Waals surface area (Å²) < 4.78 is 18.0. The molecule has 0 bridgehead atoms. The second-order valence-corrected chi connectivity index (χ2v) is 13.3. The normalized spacial score (nSPS) is 17.0. The molecule has 2 aliphatic heterocycles. The highest BCUT2D eigenvalue weighted by molar-refractivity contribution is 6.00. The third kappa shape index (κ3) is 7.73. The summed E-state index contributed by atoms with van der Waals surface area (Å²) in [6, 6.07) is 14.0. The topological polar surface area (TPSA) is 253 Å². The van der Waals surface area contributed by atoms with Crippen molar-refractivity contribution in [2.75, 3.05) is 5.32 Å². The number of pyridine rings is 2. The van der Waals surface area contributed by atoms with E-state index in [-0.39, 0.29) is 48.6 Å². The van der Waals surface area contributed by atoms with E-state index in [0.29, 0.717) is 17.0 Å². The van der Waals surface area contributed by atoms with Crippen LogP contribution in [0, 0.1) is 0 Å². The number of fused-ring (bicyclic) bond motifs is 5. The van der Waals surface area contributed by atoms with Gasteiger partial charge in [-0.15, -0.1) is 0 Å². The molecule has 2 aliphatic rings. The van der Waals surface area contributed by atoms with E-state index in [1.54, 1.807) is 17.6 Å². The number of nitrogens with one attached hydrogen (secondary N) is 3. The fraction of sp³-hybridized carbons (Fsp3) is 0.316. The Kier molecular flexibility index (Phi) is 10.7. The molecule has 4 amide bonds. The van der Waals surface area contributed by atoms with Gasteiger partial charge in [0.25, 0.3) is 5.56 Å². The summed E-state index contributed by atoms with van der Waals surface area (Å²) in [7, 11) is 0. The number of rotatable bonds is 12. The van der Waals surface area contributed by atoms with Crippen LogP contribution in [0.3, 0.4) is 0 Å². The average molecular weight is 754 g/mol. The summed E-state index contributed by atoms with van der Waals surface area (Å²) in [6.07, 6.45) is -1.76. The van der Waals surface area contributed by atoms with Crippen molar-refractivity contribution in [3.05, 3.63) is 93.3 Å². The highest BCUT2D eigenvalue weighted by atomic mass is 16.7. The van der Waals surface area contributed by atoms with Gasteiger partial charge in [0.2, 0.25) is 29.2 Å². The van der Waals surface area contributed by atoms with Gasteiger partial charge < -0.3 is 46.2 Å². The maximum Gasteiger partial charge on any atom is 0.510 e. The first-order chi connectivity index (χ1) is 26.2. The first-order valence-corrected chi connectivity index (χ1v) is 17.4. The van der Waals surface area contributed by atoms with E-state index in [1.807, 2.05) is 30.3 Å². The fourth-order valence-corrected chi connectivity index (χ4v) is 6.43. The Balaban J connectivity index is 1.12. The lowest BCUT2D eigenvalue weighted by atomic mass is 9.85. The van der Waals surface area contributed by atoms with E-state index in [1.165, 1.54) is 38.1 Å². The molecule has 0 aliphatic carbocycles. The third-order valence-electron chi connectivity index (χ3n) is 9.42. The van der Waals surface area contributed by atoms with Crippen molar-refractivity contribution >= 4 is 52.3 Å². The van der Waals surface area contributed by atoms with Gasteiger partial charge in [-0.3, -0.25) is 24.0 Å². The van der Waals surface area contributed by atoms with Crippen LogP contribution in [-0.4, -0.2) is 63.4 Å². The van der Waals surface area contributed by atoms with E-state index in [9.17, 15) is 33.6 Å². The number of hydrogen-bond acceptors (Lipinski definition) is 12. The van der Waals surface area contributed by atoms with Gasteiger partial charge in [0.15, 0.2) is 0 Å². The van der Waals surface area contributed by atoms with Crippen LogP contribution in [0.15, 0.2) is 65.5 Å². The molecule has 4 atom stereocenters. The Bertz CT molecular complexity index is 2290. The molecule has 2 aromatic carbocycles. The number of ether oxygens (including phenoxy) is 3. The van der Waals surface area contributed by atoms with Crippen LogP contribution in [-0.2, 0) is 63.5 Å². The van der Waals surface area contributed by atoms with Gasteiger partial charge in [-0.05, 0) is 56.2 Å². The minimum atomic E-state index is -1.96. The van der Waals surface area contributed by atoms with Crippen LogP contribution in [0.4, 0.5) is 10.5 Å². The van der Waals surface area contributed by atoms with Crippen LogP contribution in [0.1, 0.15) is 55.9 Å². The molecular formula is C38H39N7O10. The van der Waals surface area contributed by atoms with E-state index in [0.717, 1.165) is 16.5 Å². The van der Waals surface area contributed by atoms with Crippen molar-refractivity contribution in [3.63, 3.8) is 0 Å². The predicted octanol–water partition coefficient (Wildman–Crippen LogP) is 1.59. The summed E-state index contributed by atoms with van der Waals surface area (Å²) in [5.74, 6) is -3.77. The lowest BCUT2D eigenvalue weighted by Crippen LogP contribution is -2.54. The van der Waals surface area contributed by atoms with E-state index < -0.39 is 65.9 Å². The molecule has 6 rings (SSSR count). The summed E-state index contributed by atoms with van der Waals surface area (Å²) in [4.78, 5) is 94.2. The molecule has 0 saturated heterocycles. The highest BCUT2D eigenvalue weighted by Crippen LogP contribution is 2.41. The smallest absolute Gasteiger partial charge is 0.457 e. The minimum Gasteiger partial charge on any atom is -0.457 e. The molecule has 0 saturated carbocycles. The fourth-order valence-electron chi connectivity index (χ4n) is 6.43. The summed E-state index contributed by atoms with van der Waals surface area (Å²) in [6.45, 7) is 4.16. The van der Waals surface area contributed by atoms with Crippen molar-refractivity contribution in [1.29, 1.82) is 0 Å². The summed E-state index contributed by atoms with van der Waals surface area (Å²) in [5, 5.41) is 8.30. The van der Waals surface area contributed by atoms with Gasteiger partial charge in [-0.1, -0.05) is 37.3 Å². The number of nitrogens with two attached hydrogens (primary N) is 2. The number of aromatic nitrogens is 2. The first-order valence-electron chi connectivity index (χ1n) is 17.4. The third-order valence-corrected chi connectivity index (χ3v) is 9.42. The second kappa shape index (κ2) is 15.4. The largest absolute Gasteiger partial charge is 0.510 e. The molecule has 17 heteroatoms. The Morgan fingerprint density at radius 1 is 0.982 bits per heavy atom. The molecule has 4 heterocycles. The molecule has 2 aromatic heterocycles. The Morgan fingerprint density at radius 2 is 1.71 bits per heavy atom. The monoisotopic (exact) mass is 753 g/mol. The molecule has 55 heavy (non-hydrogen) atoms. The van der Waals surface area contributed by atoms with Crippen molar-refractivity contribution < 1.29 is 43.0 Å². The number of benzene rings is 2. The number of hydrogen-bond donors (Lipinski definition) is 5. The molecular weight excluding hydrogens is 714 g/mol. The summed E-state index contributed by atoms with van der Waals surface area (Å²) in [5.41, 5.74) is 12.3. The van der Waals surface area contributed by atoms with Crippen LogP contribution in [0.5, 0.6) is 0 Å². The van der Waals surface area contributed by atoms with Crippen LogP contribution in [0.25, 0.3) is 22.3 Å². The SMILES string of the molecule is CC[C@@]1(OC(=O)OCc2ccc(NC(=O)[C@H](CC(N)=O)NC(=O)[C@H](C)NC(=O)[C@H](C)N)cc2)C(=O)OCc2c1cc1n(c2=O)Cc2cc3ccccc3nc2-1. The van der Waals surface area contributed by atoms with Gasteiger partial charge in [-0.25, -0.2) is 14.6 Å². The van der Waals surface area contributed by atoms with E-state index in [2.05, 4.69) is 16.0 Å². The van der Waals surface area contributed by atoms with Crippen molar-refractivity contribution in [3.8, 4) is 11.4 Å².